The van der Waals surface area contributed by atoms with Crippen LogP contribution in [0.5, 0.6) is 0 Å². The fraction of sp³-hybridized carbons (Fsp3) is 0.296. The molecule has 3 aliphatic heterocycles. The van der Waals surface area contributed by atoms with Crippen LogP contribution in [0.25, 0.3) is 0 Å². The summed E-state index contributed by atoms with van der Waals surface area (Å²) in [5.41, 5.74) is 3.92. The predicted octanol–water partition coefficient (Wildman–Crippen LogP) is 5.83. The van der Waals surface area contributed by atoms with Crippen LogP contribution in [-0.4, -0.2) is 29.7 Å². The second-order valence-corrected chi connectivity index (χ2v) is 8.54. The van der Waals surface area contributed by atoms with Gasteiger partial charge >= 0.3 is 0 Å². The van der Waals surface area contributed by atoms with Crippen LogP contribution >= 0.6 is 0 Å². The highest BCUT2D eigenvalue weighted by Crippen LogP contribution is 2.41. The van der Waals surface area contributed by atoms with Crippen molar-refractivity contribution in [1.82, 2.24) is 4.90 Å². The first kappa shape index (κ1) is 20.1. The van der Waals surface area contributed by atoms with Gasteiger partial charge in [0.2, 0.25) is 0 Å². The van der Waals surface area contributed by atoms with Crippen molar-refractivity contribution >= 4 is 5.71 Å². The van der Waals surface area contributed by atoms with E-state index in [2.05, 4.69) is 17.0 Å². The zero-order chi connectivity index (χ0) is 21.2. The van der Waals surface area contributed by atoms with Gasteiger partial charge in [-0.05, 0) is 48.7 Å². The van der Waals surface area contributed by atoms with E-state index < -0.39 is 11.6 Å². The van der Waals surface area contributed by atoms with Crippen molar-refractivity contribution < 1.29 is 8.78 Å². The Kier molecular flexibility index (Phi) is 5.65. The average molecular weight is 417 g/mol. The number of fused-ring (bicyclic) bond motifs is 3. The fourth-order valence-electron chi connectivity index (χ4n) is 5.22. The van der Waals surface area contributed by atoms with E-state index in [9.17, 15) is 4.39 Å². The van der Waals surface area contributed by atoms with E-state index in [1.54, 1.807) is 6.07 Å². The number of halogens is 2. The van der Waals surface area contributed by atoms with E-state index in [0.29, 0.717) is 18.0 Å². The lowest BCUT2D eigenvalue weighted by atomic mass is 9.72. The first-order valence-electron chi connectivity index (χ1n) is 11.0. The SMILES string of the molecule is Fc1ccc(C(c2ccccc2)C2C(=NCc3ccccc3)C3CCN2CC3)c(F)c1. The molecule has 2 bridgehead atoms. The Labute approximate surface area is 182 Å². The number of rotatable bonds is 5. The van der Waals surface area contributed by atoms with Gasteiger partial charge < -0.3 is 0 Å². The second kappa shape index (κ2) is 8.72. The third-order valence-corrected chi connectivity index (χ3v) is 6.70. The molecular formula is C27H26F2N2. The van der Waals surface area contributed by atoms with Crippen molar-refractivity contribution in [3.8, 4) is 0 Å². The minimum absolute atomic E-state index is 0.0152. The molecule has 3 saturated heterocycles. The number of hydrogen-bond acceptors (Lipinski definition) is 2. The van der Waals surface area contributed by atoms with Crippen molar-refractivity contribution in [2.75, 3.05) is 13.1 Å². The van der Waals surface area contributed by atoms with Gasteiger partial charge in [0, 0.05) is 23.6 Å². The minimum Gasteiger partial charge on any atom is -0.294 e. The van der Waals surface area contributed by atoms with Gasteiger partial charge in [0.1, 0.15) is 11.6 Å². The maximum absolute atomic E-state index is 15.1. The molecule has 2 nitrogen and oxygen atoms in total. The maximum atomic E-state index is 15.1. The average Bonchev–Trinajstić information content (AvgIpc) is 2.82. The van der Waals surface area contributed by atoms with Crippen molar-refractivity contribution in [1.29, 1.82) is 0 Å². The molecule has 3 aromatic rings. The van der Waals surface area contributed by atoms with Gasteiger partial charge in [-0.1, -0.05) is 66.7 Å². The summed E-state index contributed by atoms with van der Waals surface area (Å²) in [4.78, 5) is 7.56. The van der Waals surface area contributed by atoms with Gasteiger partial charge in [0.05, 0.1) is 12.6 Å². The molecule has 3 aliphatic rings. The summed E-state index contributed by atoms with van der Waals surface area (Å²) in [5.74, 6) is -0.830. The predicted molar refractivity (Wildman–Crippen MR) is 120 cm³/mol. The Balaban J connectivity index is 1.60. The summed E-state index contributed by atoms with van der Waals surface area (Å²) in [6, 6.07) is 24.3. The molecule has 0 saturated carbocycles. The smallest absolute Gasteiger partial charge is 0.130 e. The highest BCUT2D eigenvalue weighted by Gasteiger charge is 2.44. The molecule has 3 heterocycles. The Hall–Kier alpha value is -2.85. The van der Waals surface area contributed by atoms with Crippen LogP contribution in [0.4, 0.5) is 8.78 Å². The summed E-state index contributed by atoms with van der Waals surface area (Å²) in [6.07, 6.45) is 2.19. The molecule has 158 valence electrons. The van der Waals surface area contributed by atoms with Crippen molar-refractivity contribution in [3.05, 3.63) is 107 Å². The normalized spacial score (nSPS) is 25.0. The monoisotopic (exact) mass is 416 g/mol. The Bertz CT molecular complexity index is 1060. The molecule has 3 aromatic carbocycles. The molecule has 3 fully saturated rings. The van der Waals surface area contributed by atoms with Gasteiger partial charge in [-0.3, -0.25) is 9.89 Å². The van der Waals surface area contributed by atoms with Crippen LogP contribution < -0.4 is 0 Å². The maximum Gasteiger partial charge on any atom is 0.130 e. The lowest BCUT2D eigenvalue weighted by molar-refractivity contribution is 0.135. The zero-order valence-electron chi connectivity index (χ0n) is 17.4. The minimum atomic E-state index is -0.545. The highest BCUT2D eigenvalue weighted by atomic mass is 19.1. The van der Waals surface area contributed by atoms with Crippen LogP contribution in [0.3, 0.4) is 0 Å². The van der Waals surface area contributed by atoms with Crippen molar-refractivity contribution in [2.24, 2.45) is 10.9 Å². The van der Waals surface area contributed by atoms with Gasteiger partial charge in [0.25, 0.3) is 0 Å². The molecule has 0 spiro atoms. The quantitative estimate of drug-likeness (QED) is 0.511. The van der Waals surface area contributed by atoms with E-state index in [1.165, 1.54) is 17.3 Å². The van der Waals surface area contributed by atoms with Crippen molar-refractivity contribution in [2.45, 2.75) is 31.3 Å². The molecule has 0 N–H and O–H groups in total. The van der Waals surface area contributed by atoms with E-state index >= 15 is 4.39 Å². The van der Waals surface area contributed by atoms with E-state index in [1.807, 2.05) is 48.5 Å². The first-order chi connectivity index (χ1) is 15.2. The van der Waals surface area contributed by atoms with Crippen LogP contribution in [-0.2, 0) is 6.54 Å². The molecule has 2 unspecified atom stereocenters. The highest BCUT2D eigenvalue weighted by molar-refractivity contribution is 5.94. The summed E-state index contributed by atoms with van der Waals surface area (Å²) < 4.78 is 28.8. The Morgan fingerprint density at radius 1 is 0.871 bits per heavy atom. The largest absolute Gasteiger partial charge is 0.294 e. The molecule has 0 amide bonds. The number of nitrogens with zero attached hydrogens (tertiary/aromatic N) is 2. The van der Waals surface area contributed by atoms with Gasteiger partial charge in [-0.2, -0.15) is 0 Å². The van der Waals surface area contributed by atoms with E-state index in [-0.39, 0.29) is 12.0 Å². The van der Waals surface area contributed by atoms with Crippen LogP contribution in [0.15, 0.2) is 83.9 Å². The summed E-state index contributed by atoms with van der Waals surface area (Å²) in [5, 5.41) is 0. The second-order valence-electron chi connectivity index (χ2n) is 8.54. The number of benzene rings is 3. The lowest BCUT2D eigenvalue weighted by Gasteiger charge is -2.49. The Morgan fingerprint density at radius 3 is 2.23 bits per heavy atom. The molecule has 31 heavy (non-hydrogen) atoms. The molecule has 0 aromatic heterocycles. The van der Waals surface area contributed by atoms with Crippen LogP contribution in [0.2, 0.25) is 0 Å². The molecule has 2 atom stereocenters. The van der Waals surface area contributed by atoms with E-state index in [0.717, 1.165) is 37.6 Å². The van der Waals surface area contributed by atoms with Gasteiger partial charge in [-0.25, -0.2) is 8.78 Å². The Morgan fingerprint density at radius 2 is 1.55 bits per heavy atom. The molecule has 6 rings (SSSR count). The molecule has 0 aliphatic carbocycles. The lowest BCUT2D eigenvalue weighted by Crippen LogP contribution is -2.58. The zero-order valence-corrected chi connectivity index (χ0v) is 17.4. The number of hydrogen-bond donors (Lipinski definition) is 0. The first-order valence-corrected chi connectivity index (χ1v) is 11.0. The van der Waals surface area contributed by atoms with Crippen molar-refractivity contribution in [3.63, 3.8) is 0 Å². The van der Waals surface area contributed by atoms with Crippen LogP contribution in [0, 0.1) is 17.6 Å². The molecule has 4 heteroatoms. The van der Waals surface area contributed by atoms with Crippen LogP contribution in [0.1, 0.15) is 35.4 Å². The molecule has 0 radical (unpaired) electrons. The third-order valence-electron chi connectivity index (χ3n) is 6.70. The number of piperidine rings is 3. The summed E-state index contributed by atoms with van der Waals surface area (Å²) in [6.45, 7) is 2.61. The third kappa shape index (κ3) is 4.05. The standard InChI is InChI=1S/C27H26F2N2/c28-22-11-12-23(24(29)17-22)25(20-9-5-2-6-10-20)27-26(21-13-15-31(27)16-14-21)30-18-19-7-3-1-4-8-19/h1-12,17,21,25,27H,13-16,18H2. The molecular weight excluding hydrogens is 390 g/mol. The topological polar surface area (TPSA) is 15.6 Å². The van der Waals surface area contributed by atoms with Gasteiger partial charge in [0.15, 0.2) is 0 Å². The summed E-state index contributed by atoms with van der Waals surface area (Å²) in [7, 11) is 0. The summed E-state index contributed by atoms with van der Waals surface area (Å²) >= 11 is 0. The number of aliphatic imine (C=N–C) groups is 1. The van der Waals surface area contributed by atoms with Gasteiger partial charge in [-0.15, -0.1) is 0 Å². The van der Waals surface area contributed by atoms with E-state index in [4.69, 9.17) is 4.99 Å². The fourth-order valence-corrected chi connectivity index (χ4v) is 5.22.